The minimum atomic E-state index is -1.87. The van der Waals surface area contributed by atoms with Crippen molar-refractivity contribution >= 4 is 22.8 Å². The first-order valence-corrected chi connectivity index (χ1v) is 6.05. The molecule has 1 rings (SSSR count). The van der Waals surface area contributed by atoms with Gasteiger partial charge in [0.05, 0.1) is 0 Å². The maximum absolute atomic E-state index is 10.2. The van der Waals surface area contributed by atoms with Crippen LogP contribution in [0.1, 0.15) is 0 Å². The number of rotatable bonds is 3. The van der Waals surface area contributed by atoms with Gasteiger partial charge >= 0.3 is 0 Å². The summed E-state index contributed by atoms with van der Waals surface area (Å²) in [6.07, 6.45) is 0. The number of hydrogen-bond acceptors (Lipinski definition) is 4. The van der Waals surface area contributed by atoms with Crippen molar-refractivity contribution in [2.45, 2.75) is 0 Å². The van der Waals surface area contributed by atoms with E-state index in [9.17, 15) is 8.76 Å². The van der Waals surface area contributed by atoms with Gasteiger partial charge in [-0.25, -0.2) is 0 Å². The van der Waals surface area contributed by atoms with Gasteiger partial charge in [-0.15, -0.1) is 0 Å². The van der Waals surface area contributed by atoms with Crippen LogP contribution in [0.25, 0.3) is 0 Å². The van der Waals surface area contributed by atoms with Gasteiger partial charge in [-0.05, 0) is 0 Å². The van der Waals surface area contributed by atoms with Crippen molar-refractivity contribution in [3.8, 4) is 0 Å². The third-order valence-corrected chi connectivity index (χ3v) is 3.14. The van der Waals surface area contributed by atoms with E-state index in [4.69, 9.17) is 0 Å². The SMILES string of the molecule is O=S([O-])CCN1CCSCC1. The first-order valence-electron chi connectivity index (χ1n) is 3.65. The quantitative estimate of drug-likeness (QED) is 0.589. The van der Waals surface area contributed by atoms with Gasteiger partial charge in [0.2, 0.25) is 0 Å². The van der Waals surface area contributed by atoms with Crippen LogP contribution in [0.4, 0.5) is 0 Å². The highest BCUT2D eigenvalue weighted by atomic mass is 32.2. The Morgan fingerprint density at radius 1 is 1.45 bits per heavy atom. The van der Waals surface area contributed by atoms with Crippen molar-refractivity contribution in [2.24, 2.45) is 0 Å². The van der Waals surface area contributed by atoms with Crippen molar-refractivity contribution in [2.75, 3.05) is 36.9 Å². The largest absolute Gasteiger partial charge is 0.772 e. The third kappa shape index (κ3) is 4.10. The monoisotopic (exact) mass is 194 g/mol. The summed E-state index contributed by atoms with van der Waals surface area (Å²) in [5.41, 5.74) is 0. The van der Waals surface area contributed by atoms with Crippen LogP contribution in [0.2, 0.25) is 0 Å². The molecule has 0 amide bonds. The minimum absolute atomic E-state index is 0.282. The highest BCUT2D eigenvalue weighted by Crippen LogP contribution is 2.08. The zero-order chi connectivity index (χ0) is 8.10. The normalized spacial score (nSPS) is 23.4. The van der Waals surface area contributed by atoms with Crippen LogP contribution in [0.5, 0.6) is 0 Å². The molecule has 0 spiro atoms. The highest BCUT2D eigenvalue weighted by molar-refractivity contribution is 7.99. The van der Waals surface area contributed by atoms with Crippen molar-refractivity contribution in [3.63, 3.8) is 0 Å². The molecular weight excluding hydrogens is 182 g/mol. The van der Waals surface area contributed by atoms with E-state index in [1.54, 1.807) is 0 Å². The maximum Gasteiger partial charge on any atom is 0.0229 e. The summed E-state index contributed by atoms with van der Waals surface area (Å²) in [7, 11) is 0. The van der Waals surface area contributed by atoms with Crippen molar-refractivity contribution in [1.82, 2.24) is 4.90 Å². The van der Waals surface area contributed by atoms with E-state index in [2.05, 4.69) is 4.90 Å². The first-order chi connectivity index (χ1) is 5.29. The maximum atomic E-state index is 10.2. The fourth-order valence-electron chi connectivity index (χ4n) is 1.03. The Hall–Kier alpha value is 0.420. The van der Waals surface area contributed by atoms with Gasteiger partial charge in [-0.2, -0.15) is 11.8 Å². The Morgan fingerprint density at radius 3 is 2.64 bits per heavy atom. The van der Waals surface area contributed by atoms with Crippen LogP contribution < -0.4 is 0 Å². The molecule has 66 valence electrons. The molecule has 0 radical (unpaired) electrons. The van der Waals surface area contributed by atoms with E-state index in [0.717, 1.165) is 24.6 Å². The predicted molar refractivity (Wildman–Crippen MR) is 47.6 cm³/mol. The third-order valence-electron chi connectivity index (χ3n) is 1.68. The highest BCUT2D eigenvalue weighted by Gasteiger charge is 2.08. The molecule has 1 aliphatic rings. The van der Waals surface area contributed by atoms with Gasteiger partial charge in [-0.1, -0.05) is 11.1 Å². The van der Waals surface area contributed by atoms with Gasteiger partial charge in [-0.3, -0.25) is 4.21 Å². The van der Waals surface area contributed by atoms with E-state index in [1.807, 2.05) is 11.8 Å². The molecule has 1 atom stereocenters. The molecule has 0 aromatic carbocycles. The molecule has 5 heteroatoms. The van der Waals surface area contributed by atoms with Crippen LogP contribution in [-0.2, 0) is 11.1 Å². The Labute approximate surface area is 73.8 Å². The lowest BCUT2D eigenvalue weighted by Gasteiger charge is -2.26. The fourth-order valence-corrected chi connectivity index (χ4v) is 2.41. The van der Waals surface area contributed by atoms with Crippen molar-refractivity contribution in [1.29, 1.82) is 0 Å². The number of hydrogen-bond donors (Lipinski definition) is 0. The van der Waals surface area contributed by atoms with Crippen LogP contribution in [0, 0.1) is 0 Å². The molecule has 1 heterocycles. The molecule has 0 aliphatic carbocycles. The summed E-state index contributed by atoms with van der Waals surface area (Å²) in [5, 5.41) is 0. The Morgan fingerprint density at radius 2 is 2.09 bits per heavy atom. The second-order valence-corrected chi connectivity index (χ2v) is 4.70. The standard InChI is InChI=1S/C6H13NO2S2/c8-11(9)6-3-7-1-4-10-5-2-7/h1-6H2,(H,8,9)/p-1. The Kier molecular flexibility index (Phi) is 4.44. The smallest absolute Gasteiger partial charge is 0.0229 e. The zero-order valence-electron chi connectivity index (χ0n) is 6.32. The Bertz CT molecular complexity index is 137. The van der Waals surface area contributed by atoms with E-state index < -0.39 is 11.1 Å². The van der Waals surface area contributed by atoms with Gasteiger partial charge < -0.3 is 9.45 Å². The topological polar surface area (TPSA) is 43.4 Å². The van der Waals surface area contributed by atoms with Gasteiger partial charge in [0.1, 0.15) is 0 Å². The molecule has 1 fully saturated rings. The van der Waals surface area contributed by atoms with E-state index in [-0.39, 0.29) is 5.75 Å². The Balaban J connectivity index is 2.09. The average molecular weight is 194 g/mol. The second kappa shape index (κ2) is 5.13. The lowest BCUT2D eigenvalue weighted by molar-refractivity contribution is 0.319. The summed E-state index contributed by atoms with van der Waals surface area (Å²) in [5.74, 6) is 2.57. The molecule has 0 bridgehead atoms. The molecule has 0 saturated carbocycles. The van der Waals surface area contributed by atoms with Crippen LogP contribution in [0.3, 0.4) is 0 Å². The van der Waals surface area contributed by atoms with Crippen molar-refractivity contribution in [3.05, 3.63) is 0 Å². The lowest BCUT2D eigenvalue weighted by Crippen LogP contribution is -2.35. The van der Waals surface area contributed by atoms with Crippen LogP contribution >= 0.6 is 11.8 Å². The minimum Gasteiger partial charge on any atom is -0.772 e. The van der Waals surface area contributed by atoms with Gasteiger partial charge in [0, 0.05) is 36.9 Å². The number of nitrogens with zero attached hydrogens (tertiary/aromatic N) is 1. The number of thioether (sulfide) groups is 1. The summed E-state index contributed by atoms with van der Waals surface area (Å²) in [6, 6.07) is 0. The lowest BCUT2D eigenvalue weighted by atomic mass is 10.5. The molecule has 11 heavy (non-hydrogen) atoms. The average Bonchev–Trinajstić information content (AvgIpc) is 2.03. The molecule has 1 unspecified atom stereocenters. The second-order valence-electron chi connectivity index (χ2n) is 2.46. The molecule has 1 aliphatic heterocycles. The fraction of sp³-hybridized carbons (Fsp3) is 1.00. The summed E-state index contributed by atoms with van der Waals surface area (Å²) in [6.45, 7) is 2.79. The summed E-state index contributed by atoms with van der Waals surface area (Å²) in [4.78, 5) is 2.20. The molecule has 0 aromatic rings. The summed E-state index contributed by atoms with van der Waals surface area (Å²) < 4.78 is 20.4. The predicted octanol–water partition coefficient (Wildman–Crippen LogP) is -0.0857. The van der Waals surface area contributed by atoms with Crippen molar-refractivity contribution < 1.29 is 8.76 Å². The van der Waals surface area contributed by atoms with E-state index >= 15 is 0 Å². The molecule has 3 nitrogen and oxygen atoms in total. The van der Waals surface area contributed by atoms with Crippen LogP contribution in [-0.4, -0.2) is 50.6 Å². The molecular formula is C6H12NO2S2-. The van der Waals surface area contributed by atoms with Gasteiger partial charge in [0.15, 0.2) is 0 Å². The summed E-state index contributed by atoms with van der Waals surface area (Å²) >= 11 is 0.0716. The molecule has 1 saturated heterocycles. The first kappa shape index (κ1) is 9.51. The van der Waals surface area contributed by atoms with E-state index in [1.165, 1.54) is 0 Å². The van der Waals surface area contributed by atoms with Gasteiger partial charge in [0.25, 0.3) is 0 Å². The molecule has 0 N–H and O–H groups in total. The van der Waals surface area contributed by atoms with E-state index in [0.29, 0.717) is 6.54 Å². The zero-order valence-corrected chi connectivity index (χ0v) is 7.96. The molecule has 0 aromatic heterocycles. The van der Waals surface area contributed by atoms with Crippen LogP contribution in [0.15, 0.2) is 0 Å².